The number of rotatable bonds is 6. The molecule has 1 amide bonds. The highest BCUT2D eigenvalue weighted by Gasteiger charge is 2.28. The summed E-state index contributed by atoms with van der Waals surface area (Å²) in [6.45, 7) is 3.38. The number of carbonyl (C=O) groups is 1. The molecule has 2 aliphatic heterocycles. The summed E-state index contributed by atoms with van der Waals surface area (Å²) in [5.41, 5.74) is 1.13. The Kier molecular flexibility index (Phi) is 5.68. The van der Waals surface area contributed by atoms with E-state index in [4.69, 9.17) is 13.9 Å². The van der Waals surface area contributed by atoms with Gasteiger partial charge in [-0.3, -0.25) is 9.69 Å². The molecule has 0 aliphatic carbocycles. The van der Waals surface area contributed by atoms with Crippen molar-refractivity contribution >= 4 is 11.6 Å². The molecule has 1 atom stereocenters. The predicted octanol–water partition coefficient (Wildman–Crippen LogP) is 3.44. The number of carbonyl (C=O) groups excluding carboxylic acids is 1. The number of benzene rings is 2. The Balaban J connectivity index is 1.25. The first-order valence-corrected chi connectivity index (χ1v) is 10.6. The van der Waals surface area contributed by atoms with Crippen molar-refractivity contribution in [3.8, 4) is 11.5 Å². The summed E-state index contributed by atoms with van der Waals surface area (Å²) in [6, 6.07) is 15.6. The monoisotopic (exact) mass is 437 g/mol. The summed E-state index contributed by atoms with van der Waals surface area (Å²) in [7, 11) is 0. The molecule has 0 spiro atoms. The lowest BCUT2D eigenvalue weighted by Crippen LogP contribution is -2.50. The van der Waals surface area contributed by atoms with Crippen LogP contribution in [0.2, 0.25) is 0 Å². The van der Waals surface area contributed by atoms with E-state index >= 15 is 0 Å². The topological polar surface area (TPSA) is 67.2 Å². The van der Waals surface area contributed by atoms with E-state index in [0.717, 1.165) is 18.8 Å². The maximum atomic E-state index is 14.2. The van der Waals surface area contributed by atoms with Crippen LogP contribution in [0.25, 0.3) is 0 Å². The van der Waals surface area contributed by atoms with Crippen molar-refractivity contribution in [3.63, 3.8) is 0 Å². The molecule has 5 rings (SSSR count). The van der Waals surface area contributed by atoms with E-state index in [2.05, 4.69) is 15.1 Å². The Morgan fingerprint density at radius 1 is 1.00 bits per heavy atom. The van der Waals surface area contributed by atoms with Crippen LogP contribution in [0.3, 0.4) is 0 Å². The minimum atomic E-state index is -0.209. The van der Waals surface area contributed by atoms with Gasteiger partial charge in [-0.25, -0.2) is 4.39 Å². The Hall–Kier alpha value is -3.52. The molecular formula is C24H24FN3O4. The van der Waals surface area contributed by atoms with E-state index in [1.807, 2.05) is 18.2 Å². The van der Waals surface area contributed by atoms with Crippen LogP contribution in [0.15, 0.2) is 65.3 Å². The number of anilines is 1. The van der Waals surface area contributed by atoms with Gasteiger partial charge in [0.25, 0.3) is 5.91 Å². The second kappa shape index (κ2) is 8.92. The van der Waals surface area contributed by atoms with E-state index in [0.29, 0.717) is 42.4 Å². The Morgan fingerprint density at radius 2 is 1.81 bits per heavy atom. The Bertz CT molecular complexity index is 1080. The largest absolute Gasteiger partial charge is 0.468 e. The third kappa shape index (κ3) is 4.13. The molecule has 0 unspecified atom stereocenters. The van der Waals surface area contributed by atoms with Gasteiger partial charge in [-0.05, 0) is 42.5 Å². The van der Waals surface area contributed by atoms with E-state index in [-0.39, 0.29) is 24.6 Å². The van der Waals surface area contributed by atoms with Gasteiger partial charge in [0.05, 0.1) is 18.0 Å². The van der Waals surface area contributed by atoms with Crippen LogP contribution in [-0.4, -0.2) is 50.3 Å². The van der Waals surface area contributed by atoms with Gasteiger partial charge < -0.3 is 24.1 Å². The molecule has 32 heavy (non-hydrogen) atoms. The van der Waals surface area contributed by atoms with Gasteiger partial charge in [0.15, 0.2) is 11.5 Å². The van der Waals surface area contributed by atoms with Gasteiger partial charge in [-0.2, -0.15) is 0 Å². The highest BCUT2D eigenvalue weighted by molar-refractivity contribution is 5.95. The lowest BCUT2D eigenvalue weighted by Gasteiger charge is -2.39. The molecule has 1 saturated heterocycles. The minimum absolute atomic E-state index is 0.120. The van der Waals surface area contributed by atoms with Crippen molar-refractivity contribution in [2.75, 3.05) is 44.4 Å². The van der Waals surface area contributed by atoms with Crippen molar-refractivity contribution in [3.05, 3.63) is 78.0 Å². The fourth-order valence-electron chi connectivity index (χ4n) is 4.20. The maximum absolute atomic E-state index is 14.2. The Morgan fingerprint density at radius 3 is 2.59 bits per heavy atom. The van der Waals surface area contributed by atoms with Crippen LogP contribution < -0.4 is 19.7 Å². The van der Waals surface area contributed by atoms with E-state index < -0.39 is 0 Å². The van der Waals surface area contributed by atoms with Gasteiger partial charge in [-0.15, -0.1) is 0 Å². The van der Waals surface area contributed by atoms with Crippen LogP contribution in [-0.2, 0) is 0 Å². The van der Waals surface area contributed by atoms with Crippen LogP contribution in [0.5, 0.6) is 11.5 Å². The van der Waals surface area contributed by atoms with E-state index in [1.54, 1.807) is 36.6 Å². The zero-order valence-corrected chi connectivity index (χ0v) is 17.5. The number of nitrogens with zero attached hydrogens (tertiary/aromatic N) is 2. The number of hydrogen-bond donors (Lipinski definition) is 1. The lowest BCUT2D eigenvalue weighted by molar-refractivity contribution is 0.0922. The molecule has 1 aromatic heterocycles. The van der Waals surface area contributed by atoms with Crippen molar-refractivity contribution < 1.29 is 23.1 Å². The number of ether oxygens (including phenoxy) is 2. The fourth-order valence-corrected chi connectivity index (χ4v) is 4.20. The number of fused-ring (bicyclic) bond motifs is 1. The SMILES string of the molecule is O=C(NC[C@H](c1ccco1)N1CCN(c2ccccc2F)CC1)c1ccc2c(c1)OCO2. The predicted molar refractivity (Wildman–Crippen MR) is 117 cm³/mol. The van der Waals surface area contributed by atoms with Gasteiger partial charge in [-0.1, -0.05) is 12.1 Å². The molecule has 7 nitrogen and oxygen atoms in total. The molecule has 8 heteroatoms. The van der Waals surface area contributed by atoms with Crippen LogP contribution in [0, 0.1) is 5.82 Å². The quantitative estimate of drug-likeness (QED) is 0.637. The molecule has 2 aromatic carbocycles. The van der Waals surface area contributed by atoms with Crippen LogP contribution in [0.1, 0.15) is 22.2 Å². The molecule has 0 bridgehead atoms. The van der Waals surface area contributed by atoms with Crippen molar-refractivity contribution in [2.24, 2.45) is 0 Å². The van der Waals surface area contributed by atoms with Gasteiger partial charge in [0.1, 0.15) is 11.6 Å². The second-order valence-electron chi connectivity index (χ2n) is 7.78. The fraction of sp³-hybridized carbons (Fsp3) is 0.292. The first-order valence-electron chi connectivity index (χ1n) is 10.6. The standard InChI is InChI=1S/C24H24FN3O4/c25-18-4-1-2-5-19(18)27-9-11-28(12-10-27)20(21-6-3-13-30-21)15-26-24(29)17-7-8-22-23(14-17)32-16-31-22/h1-8,13-14,20H,9-12,15-16H2,(H,26,29)/t20-/m1/s1. The summed E-state index contributed by atoms with van der Waals surface area (Å²) < 4.78 is 30.5. The summed E-state index contributed by atoms with van der Waals surface area (Å²) in [5.74, 6) is 1.60. The summed E-state index contributed by atoms with van der Waals surface area (Å²) in [6.07, 6.45) is 1.64. The highest BCUT2D eigenvalue weighted by atomic mass is 19.1. The smallest absolute Gasteiger partial charge is 0.251 e. The zero-order chi connectivity index (χ0) is 21.9. The first-order chi connectivity index (χ1) is 15.7. The molecule has 3 aromatic rings. The number of nitrogens with one attached hydrogen (secondary N) is 1. The average Bonchev–Trinajstić information content (AvgIpc) is 3.52. The molecule has 0 saturated carbocycles. The highest BCUT2D eigenvalue weighted by Crippen LogP contribution is 2.32. The van der Waals surface area contributed by atoms with Gasteiger partial charge >= 0.3 is 0 Å². The lowest BCUT2D eigenvalue weighted by atomic mass is 10.1. The number of hydrogen-bond acceptors (Lipinski definition) is 6. The van der Waals surface area contributed by atoms with Crippen molar-refractivity contribution in [2.45, 2.75) is 6.04 Å². The van der Waals surface area contributed by atoms with Crippen molar-refractivity contribution in [1.29, 1.82) is 0 Å². The van der Waals surface area contributed by atoms with Gasteiger partial charge in [0.2, 0.25) is 6.79 Å². The molecule has 2 aliphatic rings. The normalized spacial score (nSPS) is 16.7. The molecule has 3 heterocycles. The van der Waals surface area contributed by atoms with E-state index in [9.17, 15) is 9.18 Å². The molecule has 1 N–H and O–H groups in total. The molecular weight excluding hydrogens is 413 g/mol. The molecule has 166 valence electrons. The zero-order valence-electron chi connectivity index (χ0n) is 17.5. The molecule has 1 fully saturated rings. The number of halogens is 1. The minimum Gasteiger partial charge on any atom is -0.468 e. The maximum Gasteiger partial charge on any atom is 0.251 e. The average molecular weight is 437 g/mol. The Labute approximate surface area is 185 Å². The van der Waals surface area contributed by atoms with Crippen LogP contribution in [0.4, 0.5) is 10.1 Å². The van der Waals surface area contributed by atoms with Crippen molar-refractivity contribution in [1.82, 2.24) is 10.2 Å². The molecule has 0 radical (unpaired) electrons. The third-order valence-corrected chi connectivity index (χ3v) is 5.91. The van der Waals surface area contributed by atoms with Gasteiger partial charge in [0, 0.05) is 38.3 Å². The number of para-hydroxylation sites is 1. The van der Waals surface area contributed by atoms with E-state index in [1.165, 1.54) is 6.07 Å². The second-order valence-corrected chi connectivity index (χ2v) is 7.78. The number of amides is 1. The number of furan rings is 1. The first kappa shape index (κ1) is 20.4. The third-order valence-electron chi connectivity index (χ3n) is 5.91. The number of piperazine rings is 1. The van der Waals surface area contributed by atoms with Crippen LogP contribution >= 0.6 is 0 Å². The summed E-state index contributed by atoms with van der Waals surface area (Å²) in [4.78, 5) is 17.1. The summed E-state index contributed by atoms with van der Waals surface area (Å²) in [5, 5.41) is 3.02. The summed E-state index contributed by atoms with van der Waals surface area (Å²) >= 11 is 0.